The summed E-state index contributed by atoms with van der Waals surface area (Å²) in [6.45, 7) is 0.461. The third kappa shape index (κ3) is 2.09. The molecule has 0 bridgehead atoms. The van der Waals surface area contributed by atoms with Gasteiger partial charge >= 0.3 is 0 Å². The molecule has 0 amide bonds. The van der Waals surface area contributed by atoms with Crippen molar-refractivity contribution in [1.29, 1.82) is 0 Å². The lowest BCUT2D eigenvalue weighted by Crippen LogP contribution is -2.01. The normalized spacial score (nSPS) is 10.9. The number of hydrogen-bond acceptors (Lipinski definition) is 2. The van der Waals surface area contributed by atoms with Gasteiger partial charge in [-0.1, -0.05) is 12.1 Å². The number of nitrogen functional groups attached to an aromatic ring is 1. The average molecular weight is 270 g/mol. The monoisotopic (exact) mass is 270 g/mol. The SMILES string of the molecule is COc1cccc2c1ccn2Cc1ccc(N)cc1F. The Kier molecular flexibility index (Phi) is 3.06. The van der Waals surface area contributed by atoms with Crippen LogP contribution in [0.3, 0.4) is 0 Å². The Labute approximate surface area is 116 Å². The summed E-state index contributed by atoms with van der Waals surface area (Å²) in [7, 11) is 1.64. The summed E-state index contributed by atoms with van der Waals surface area (Å²) < 4.78 is 21.2. The Hall–Kier alpha value is -2.49. The van der Waals surface area contributed by atoms with Crippen LogP contribution < -0.4 is 10.5 Å². The Morgan fingerprint density at radius 1 is 1.20 bits per heavy atom. The van der Waals surface area contributed by atoms with Crippen LogP contribution >= 0.6 is 0 Å². The molecule has 0 atom stereocenters. The third-order valence-corrected chi connectivity index (χ3v) is 3.41. The van der Waals surface area contributed by atoms with Crippen LogP contribution in [0.1, 0.15) is 5.56 Å². The summed E-state index contributed by atoms with van der Waals surface area (Å²) in [5, 5.41) is 1.02. The van der Waals surface area contributed by atoms with Crippen molar-refractivity contribution in [3.8, 4) is 5.75 Å². The van der Waals surface area contributed by atoms with E-state index in [0.717, 1.165) is 16.7 Å². The van der Waals surface area contributed by atoms with Crippen LogP contribution in [0.15, 0.2) is 48.7 Å². The topological polar surface area (TPSA) is 40.2 Å². The Bertz CT molecular complexity index is 764. The summed E-state index contributed by atoms with van der Waals surface area (Å²) >= 11 is 0. The summed E-state index contributed by atoms with van der Waals surface area (Å²) in [5.74, 6) is 0.536. The number of anilines is 1. The van der Waals surface area contributed by atoms with Crippen LogP contribution in [-0.4, -0.2) is 11.7 Å². The second-order valence-corrected chi connectivity index (χ2v) is 4.69. The van der Waals surface area contributed by atoms with E-state index in [2.05, 4.69) is 0 Å². The molecule has 4 heteroatoms. The van der Waals surface area contributed by atoms with E-state index in [0.29, 0.717) is 17.8 Å². The number of aromatic nitrogens is 1. The molecule has 0 radical (unpaired) electrons. The minimum atomic E-state index is -0.283. The van der Waals surface area contributed by atoms with Crippen molar-refractivity contribution in [2.45, 2.75) is 6.54 Å². The summed E-state index contributed by atoms with van der Waals surface area (Å²) in [4.78, 5) is 0. The zero-order valence-corrected chi connectivity index (χ0v) is 11.1. The zero-order chi connectivity index (χ0) is 14.1. The van der Waals surface area contributed by atoms with Crippen LogP contribution in [0.25, 0.3) is 10.9 Å². The molecule has 3 rings (SSSR count). The van der Waals surface area contributed by atoms with Gasteiger partial charge in [-0.3, -0.25) is 0 Å². The molecular formula is C16H15FN2O. The average Bonchev–Trinajstić information content (AvgIpc) is 2.85. The van der Waals surface area contributed by atoms with Crippen molar-refractivity contribution in [3.63, 3.8) is 0 Å². The predicted molar refractivity (Wildman–Crippen MR) is 78.4 cm³/mol. The number of rotatable bonds is 3. The zero-order valence-electron chi connectivity index (χ0n) is 11.1. The third-order valence-electron chi connectivity index (χ3n) is 3.41. The molecule has 2 aromatic carbocycles. The van der Waals surface area contributed by atoms with Gasteiger partial charge < -0.3 is 15.0 Å². The molecule has 1 aromatic heterocycles. The minimum absolute atomic E-state index is 0.283. The lowest BCUT2D eigenvalue weighted by molar-refractivity contribution is 0.420. The van der Waals surface area contributed by atoms with Gasteiger partial charge in [-0.05, 0) is 30.3 Å². The molecule has 102 valence electrons. The molecule has 2 N–H and O–H groups in total. The second-order valence-electron chi connectivity index (χ2n) is 4.69. The van der Waals surface area contributed by atoms with Gasteiger partial charge in [0.05, 0.1) is 19.2 Å². The number of nitrogens with two attached hydrogens (primary N) is 1. The highest BCUT2D eigenvalue weighted by Crippen LogP contribution is 2.27. The molecule has 0 unspecified atom stereocenters. The molecule has 20 heavy (non-hydrogen) atoms. The standard InChI is InChI=1S/C16H15FN2O/c1-20-16-4-2-3-15-13(16)7-8-19(15)10-11-5-6-12(18)9-14(11)17/h2-9H,10,18H2,1H3. The van der Waals surface area contributed by atoms with E-state index >= 15 is 0 Å². The van der Waals surface area contributed by atoms with Gasteiger partial charge in [-0.15, -0.1) is 0 Å². The van der Waals surface area contributed by atoms with E-state index in [1.807, 2.05) is 35.0 Å². The summed E-state index contributed by atoms with van der Waals surface area (Å²) in [6, 6.07) is 12.6. The first-order valence-electron chi connectivity index (χ1n) is 6.35. The van der Waals surface area contributed by atoms with E-state index in [4.69, 9.17) is 10.5 Å². The molecule has 0 spiro atoms. The highest BCUT2D eigenvalue weighted by Gasteiger charge is 2.08. The molecule has 3 nitrogen and oxygen atoms in total. The molecule has 0 aliphatic heterocycles. The fraction of sp³-hybridized carbons (Fsp3) is 0.125. The van der Waals surface area contributed by atoms with Crippen LogP contribution in [0.2, 0.25) is 0 Å². The van der Waals surface area contributed by atoms with Crippen LogP contribution in [0, 0.1) is 5.82 Å². The molecule has 0 aliphatic carbocycles. The van der Waals surface area contributed by atoms with Crippen molar-refractivity contribution in [2.75, 3.05) is 12.8 Å². The maximum atomic E-state index is 13.9. The lowest BCUT2D eigenvalue weighted by Gasteiger charge is -2.08. The first kappa shape index (κ1) is 12.5. The largest absolute Gasteiger partial charge is 0.496 e. The van der Waals surface area contributed by atoms with E-state index in [1.54, 1.807) is 19.2 Å². The van der Waals surface area contributed by atoms with Gasteiger partial charge in [0.25, 0.3) is 0 Å². The molecule has 3 aromatic rings. The Balaban J connectivity index is 2.03. The van der Waals surface area contributed by atoms with Crippen LogP contribution in [0.5, 0.6) is 5.75 Å². The number of fused-ring (bicyclic) bond motifs is 1. The van der Waals surface area contributed by atoms with Crippen molar-refractivity contribution in [1.82, 2.24) is 4.57 Å². The predicted octanol–water partition coefficient (Wildman–Crippen LogP) is 3.42. The van der Waals surface area contributed by atoms with Crippen molar-refractivity contribution in [2.24, 2.45) is 0 Å². The Morgan fingerprint density at radius 2 is 2.05 bits per heavy atom. The number of nitrogens with zero attached hydrogens (tertiary/aromatic N) is 1. The van der Waals surface area contributed by atoms with E-state index in [1.165, 1.54) is 6.07 Å². The molecule has 0 saturated carbocycles. The lowest BCUT2D eigenvalue weighted by atomic mass is 10.2. The summed E-state index contributed by atoms with van der Waals surface area (Å²) in [6.07, 6.45) is 1.93. The molecular weight excluding hydrogens is 255 g/mol. The van der Waals surface area contributed by atoms with Gasteiger partial charge in [-0.25, -0.2) is 4.39 Å². The van der Waals surface area contributed by atoms with Gasteiger partial charge in [-0.2, -0.15) is 0 Å². The minimum Gasteiger partial charge on any atom is -0.496 e. The van der Waals surface area contributed by atoms with Crippen molar-refractivity contribution >= 4 is 16.6 Å². The fourth-order valence-corrected chi connectivity index (χ4v) is 2.39. The smallest absolute Gasteiger partial charge is 0.130 e. The van der Waals surface area contributed by atoms with Gasteiger partial charge in [0, 0.05) is 22.8 Å². The van der Waals surface area contributed by atoms with Gasteiger partial charge in [0.2, 0.25) is 0 Å². The van der Waals surface area contributed by atoms with Crippen molar-refractivity contribution < 1.29 is 9.13 Å². The van der Waals surface area contributed by atoms with Crippen LogP contribution in [0.4, 0.5) is 10.1 Å². The van der Waals surface area contributed by atoms with Gasteiger partial charge in [0.15, 0.2) is 0 Å². The van der Waals surface area contributed by atoms with Crippen LogP contribution in [-0.2, 0) is 6.54 Å². The maximum absolute atomic E-state index is 13.9. The first-order valence-corrected chi connectivity index (χ1v) is 6.35. The molecule has 0 aliphatic rings. The number of ether oxygens (including phenoxy) is 1. The van der Waals surface area contributed by atoms with E-state index in [9.17, 15) is 4.39 Å². The van der Waals surface area contributed by atoms with Gasteiger partial charge in [0.1, 0.15) is 11.6 Å². The highest BCUT2D eigenvalue weighted by atomic mass is 19.1. The second kappa shape index (κ2) is 4.89. The molecule has 0 fully saturated rings. The molecule has 1 heterocycles. The highest BCUT2D eigenvalue weighted by molar-refractivity contribution is 5.86. The number of benzene rings is 2. The number of hydrogen-bond donors (Lipinski definition) is 1. The van der Waals surface area contributed by atoms with E-state index < -0.39 is 0 Å². The quantitative estimate of drug-likeness (QED) is 0.741. The van der Waals surface area contributed by atoms with Crippen molar-refractivity contribution in [3.05, 3.63) is 60.0 Å². The fourth-order valence-electron chi connectivity index (χ4n) is 2.39. The first-order chi connectivity index (χ1) is 9.69. The number of halogens is 1. The Morgan fingerprint density at radius 3 is 2.80 bits per heavy atom. The van der Waals surface area contributed by atoms with E-state index in [-0.39, 0.29) is 5.82 Å². The summed E-state index contributed by atoms with van der Waals surface area (Å²) in [5.41, 5.74) is 7.63. The maximum Gasteiger partial charge on any atom is 0.130 e. The number of methoxy groups -OCH3 is 1. The molecule has 0 saturated heterocycles.